The number of anilines is 1. The second kappa shape index (κ2) is 13.7. The van der Waals surface area contributed by atoms with Crippen LogP contribution in [0.15, 0.2) is 48.5 Å². The molecule has 1 atom stereocenters. The highest BCUT2D eigenvalue weighted by atomic mass is 35.5. The van der Waals surface area contributed by atoms with Crippen molar-refractivity contribution in [1.82, 2.24) is 10.2 Å². The van der Waals surface area contributed by atoms with E-state index < -0.39 is 16.1 Å². The number of benzene rings is 2. The van der Waals surface area contributed by atoms with E-state index in [0.717, 1.165) is 16.1 Å². The van der Waals surface area contributed by atoms with Gasteiger partial charge in [0, 0.05) is 31.1 Å². The Morgan fingerprint density at radius 3 is 2.31 bits per heavy atom. The number of nitrogens with one attached hydrogen (secondary N) is 1. The fourth-order valence-electron chi connectivity index (χ4n) is 3.85. The van der Waals surface area contributed by atoms with Crippen molar-refractivity contribution in [2.75, 3.05) is 30.2 Å². The van der Waals surface area contributed by atoms with E-state index in [0.29, 0.717) is 31.0 Å². The molecule has 10 heteroatoms. The third-order valence-corrected chi connectivity index (χ3v) is 7.28. The van der Waals surface area contributed by atoms with Crippen LogP contribution >= 0.6 is 23.2 Å². The molecule has 2 rings (SSSR count). The molecule has 2 aromatic rings. The van der Waals surface area contributed by atoms with Gasteiger partial charge >= 0.3 is 0 Å². The van der Waals surface area contributed by atoms with Gasteiger partial charge in [-0.1, -0.05) is 60.5 Å². The number of likely N-dealkylation sites (N-methyl/N-ethyl adjacent to an activating group) is 1. The molecule has 1 unspecified atom stereocenters. The Morgan fingerprint density at radius 1 is 1.03 bits per heavy atom. The van der Waals surface area contributed by atoms with Crippen molar-refractivity contribution in [2.45, 2.75) is 45.6 Å². The lowest BCUT2D eigenvalue weighted by Gasteiger charge is -2.31. The van der Waals surface area contributed by atoms with Crippen molar-refractivity contribution in [3.63, 3.8) is 0 Å². The Kier molecular flexibility index (Phi) is 11.3. The van der Waals surface area contributed by atoms with Crippen LogP contribution in [0.3, 0.4) is 0 Å². The molecule has 0 saturated heterocycles. The van der Waals surface area contributed by atoms with Gasteiger partial charge in [-0.05, 0) is 49.9 Å². The van der Waals surface area contributed by atoms with E-state index in [4.69, 9.17) is 23.2 Å². The van der Waals surface area contributed by atoms with Crippen LogP contribution in [0, 0.1) is 0 Å². The van der Waals surface area contributed by atoms with E-state index in [1.165, 1.54) is 12.1 Å². The number of hydrogen-bond acceptors (Lipinski definition) is 4. The lowest BCUT2D eigenvalue weighted by Crippen LogP contribution is -2.50. The van der Waals surface area contributed by atoms with E-state index in [9.17, 15) is 18.0 Å². The molecule has 0 bridgehead atoms. The van der Waals surface area contributed by atoms with Crippen LogP contribution in [-0.2, 0) is 26.0 Å². The summed E-state index contributed by atoms with van der Waals surface area (Å²) in [5, 5.41) is 3.41. The molecular weight excluding hydrogens is 509 g/mol. The zero-order valence-electron chi connectivity index (χ0n) is 20.3. The summed E-state index contributed by atoms with van der Waals surface area (Å²) in [6, 6.07) is 13.8. The van der Waals surface area contributed by atoms with Gasteiger partial charge in [0.2, 0.25) is 21.8 Å². The molecular formula is C25H33Cl2N3O4S. The van der Waals surface area contributed by atoms with Crippen molar-refractivity contribution in [3.05, 3.63) is 64.1 Å². The highest BCUT2D eigenvalue weighted by Crippen LogP contribution is 2.31. The highest BCUT2D eigenvalue weighted by Gasteiger charge is 2.28. The van der Waals surface area contributed by atoms with Gasteiger partial charge in [-0.3, -0.25) is 13.9 Å². The molecule has 0 aliphatic heterocycles. The number of carbonyl (C=O) groups is 2. The van der Waals surface area contributed by atoms with Crippen LogP contribution in [0.5, 0.6) is 0 Å². The smallest absolute Gasteiger partial charge is 0.242 e. The number of hydrogen-bond donors (Lipinski definition) is 1. The molecule has 2 amide bonds. The maximum absolute atomic E-state index is 13.3. The summed E-state index contributed by atoms with van der Waals surface area (Å²) in [7, 11) is -3.66. The second-order valence-electron chi connectivity index (χ2n) is 8.18. The van der Waals surface area contributed by atoms with Crippen LogP contribution in [-0.4, -0.2) is 57.1 Å². The Labute approximate surface area is 218 Å². The molecule has 0 spiro atoms. The number of nitrogens with zero attached hydrogens (tertiary/aromatic N) is 2. The van der Waals surface area contributed by atoms with Crippen molar-refractivity contribution < 1.29 is 18.0 Å². The minimum Gasteiger partial charge on any atom is -0.355 e. The molecule has 0 heterocycles. The average Bonchev–Trinajstić information content (AvgIpc) is 2.81. The van der Waals surface area contributed by atoms with E-state index in [2.05, 4.69) is 5.32 Å². The second-order valence-corrected chi connectivity index (χ2v) is 10.9. The first-order chi connectivity index (χ1) is 16.6. The molecule has 0 saturated carbocycles. The van der Waals surface area contributed by atoms with Crippen molar-refractivity contribution >= 4 is 50.7 Å². The Hall–Kier alpha value is -2.29. The molecule has 0 aliphatic carbocycles. The monoisotopic (exact) mass is 541 g/mol. The predicted molar refractivity (Wildman–Crippen MR) is 143 cm³/mol. The lowest BCUT2D eigenvalue weighted by atomic mass is 10.1. The maximum Gasteiger partial charge on any atom is 0.242 e. The zero-order valence-corrected chi connectivity index (χ0v) is 22.7. The minimum atomic E-state index is -3.66. The van der Waals surface area contributed by atoms with Crippen molar-refractivity contribution in [2.24, 2.45) is 0 Å². The third kappa shape index (κ3) is 8.70. The van der Waals surface area contributed by atoms with Crippen molar-refractivity contribution in [1.29, 1.82) is 0 Å². The van der Waals surface area contributed by atoms with Crippen LogP contribution in [0.1, 0.15) is 38.7 Å². The highest BCUT2D eigenvalue weighted by molar-refractivity contribution is 7.92. The molecule has 2 aromatic carbocycles. The molecule has 1 N–H and O–H groups in total. The number of amides is 2. The van der Waals surface area contributed by atoms with Gasteiger partial charge in [-0.2, -0.15) is 0 Å². The number of rotatable bonds is 13. The van der Waals surface area contributed by atoms with E-state index in [-0.39, 0.29) is 41.9 Å². The van der Waals surface area contributed by atoms with Crippen LogP contribution in [0.25, 0.3) is 0 Å². The van der Waals surface area contributed by atoms with Crippen LogP contribution < -0.4 is 9.62 Å². The van der Waals surface area contributed by atoms with Gasteiger partial charge in [0.05, 0.1) is 17.0 Å². The molecule has 0 radical (unpaired) electrons. The van der Waals surface area contributed by atoms with E-state index in [1.54, 1.807) is 11.0 Å². The minimum absolute atomic E-state index is 0.0507. The van der Waals surface area contributed by atoms with E-state index >= 15 is 0 Å². The zero-order chi connectivity index (χ0) is 26.0. The summed E-state index contributed by atoms with van der Waals surface area (Å²) in [6.45, 7) is 4.61. The Bertz CT molecular complexity index is 1100. The van der Waals surface area contributed by atoms with Gasteiger partial charge in [-0.15, -0.1) is 0 Å². The molecule has 35 heavy (non-hydrogen) atoms. The van der Waals surface area contributed by atoms with Crippen LogP contribution in [0.2, 0.25) is 10.0 Å². The summed E-state index contributed by atoms with van der Waals surface area (Å²) in [4.78, 5) is 27.6. The van der Waals surface area contributed by atoms with Gasteiger partial charge in [0.15, 0.2) is 0 Å². The SMILES string of the molecule is CCNC(=O)C(CC)N(CCc1ccccc1)C(=O)CCCN(c1cc(Cl)ccc1Cl)S(C)(=O)=O. The topological polar surface area (TPSA) is 86.8 Å². The Morgan fingerprint density at radius 2 is 1.71 bits per heavy atom. The first kappa shape index (κ1) is 28.9. The average molecular weight is 543 g/mol. The summed E-state index contributed by atoms with van der Waals surface area (Å²) in [6.07, 6.45) is 2.49. The maximum atomic E-state index is 13.3. The van der Waals surface area contributed by atoms with Gasteiger partial charge in [0.25, 0.3) is 0 Å². The normalized spacial score (nSPS) is 12.1. The summed E-state index contributed by atoms with van der Waals surface area (Å²) < 4.78 is 26.1. The fourth-order valence-corrected chi connectivity index (χ4v) is 5.25. The first-order valence-electron chi connectivity index (χ1n) is 11.6. The van der Waals surface area contributed by atoms with Crippen LogP contribution in [0.4, 0.5) is 5.69 Å². The Balaban J connectivity index is 2.17. The van der Waals surface area contributed by atoms with Crippen molar-refractivity contribution in [3.8, 4) is 0 Å². The lowest BCUT2D eigenvalue weighted by molar-refractivity contribution is -0.140. The van der Waals surface area contributed by atoms with Gasteiger partial charge < -0.3 is 10.2 Å². The first-order valence-corrected chi connectivity index (χ1v) is 14.2. The molecule has 0 aliphatic rings. The number of halogens is 2. The summed E-state index contributed by atoms with van der Waals surface area (Å²) in [5.74, 6) is -0.399. The predicted octanol–water partition coefficient (Wildman–Crippen LogP) is 4.53. The van der Waals surface area contributed by atoms with E-state index in [1.807, 2.05) is 44.2 Å². The fraction of sp³-hybridized carbons (Fsp3) is 0.440. The summed E-state index contributed by atoms with van der Waals surface area (Å²) >= 11 is 12.3. The molecule has 7 nitrogen and oxygen atoms in total. The largest absolute Gasteiger partial charge is 0.355 e. The number of carbonyl (C=O) groups excluding carboxylic acids is 2. The quantitative estimate of drug-likeness (QED) is 0.403. The van der Waals surface area contributed by atoms with Gasteiger partial charge in [-0.25, -0.2) is 8.42 Å². The summed E-state index contributed by atoms with van der Waals surface area (Å²) in [5.41, 5.74) is 1.33. The molecule has 192 valence electrons. The molecule has 0 aromatic heterocycles. The molecule has 0 fully saturated rings. The van der Waals surface area contributed by atoms with Gasteiger partial charge in [0.1, 0.15) is 6.04 Å². The standard InChI is InChI=1S/C25H33Cl2N3O4S/c1-4-22(25(32)28-5-2)29(17-15-19-10-7-6-8-11-19)24(31)12-9-16-30(35(3,33)34)23-18-20(26)13-14-21(23)27/h6-8,10-11,13-14,18,22H,4-5,9,12,15-17H2,1-3H3,(H,28,32). The third-order valence-electron chi connectivity index (χ3n) is 5.55. The number of sulfonamides is 1.